The largest absolute Gasteiger partial charge is 0.481 e. The van der Waals surface area contributed by atoms with Crippen LogP contribution in [-0.4, -0.2) is 23.5 Å². The van der Waals surface area contributed by atoms with Crippen molar-refractivity contribution >= 4 is 11.9 Å². The van der Waals surface area contributed by atoms with E-state index in [0.717, 1.165) is 11.1 Å². The van der Waals surface area contributed by atoms with Crippen LogP contribution in [0.3, 0.4) is 0 Å². The Morgan fingerprint density at radius 1 is 1.32 bits per heavy atom. The molecule has 1 amide bonds. The number of carboxylic acid groups (broad SMARTS) is 1. The van der Waals surface area contributed by atoms with Crippen molar-refractivity contribution < 1.29 is 14.7 Å². The molecule has 0 aromatic heterocycles. The number of aliphatic carboxylic acids is 1. The molecule has 0 aliphatic carbocycles. The number of nitrogens with one attached hydrogen (secondary N) is 1. The molecular formula is C15H21NO3. The van der Waals surface area contributed by atoms with Crippen LogP contribution in [0.1, 0.15) is 41.3 Å². The van der Waals surface area contributed by atoms with Gasteiger partial charge in [0.1, 0.15) is 0 Å². The Bertz CT molecular complexity index is 468. The van der Waals surface area contributed by atoms with Gasteiger partial charge in [-0.2, -0.15) is 0 Å². The molecule has 104 valence electrons. The molecule has 0 aliphatic rings. The molecule has 4 heteroatoms. The normalized spacial score (nSPS) is 11.9. The van der Waals surface area contributed by atoms with E-state index in [4.69, 9.17) is 5.11 Å². The highest BCUT2D eigenvalue weighted by molar-refractivity contribution is 5.95. The maximum Gasteiger partial charge on any atom is 0.303 e. The lowest BCUT2D eigenvalue weighted by Crippen LogP contribution is -2.29. The summed E-state index contributed by atoms with van der Waals surface area (Å²) in [5.74, 6) is -0.738. The summed E-state index contributed by atoms with van der Waals surface area (Å²) in [6.45, 7) is 6.34. The highest BCUT2D eigenvalue weighted by Crippen LogP contribution is 2.11. The second-order valence-corrected chi connectivity index (χ2v) is 5.07. The van der Waals surface area contributed by atoms with Crippen LogP contribution in [0.15, 0.2) is 18.2 Å². The Morgan fingerprint density at radius 2 is 2.00 bits per heavy atom. The van der Waals surface area contributed by atoms with Crippen molar-refractivity contribution in [2.75, 3.05) is 6.54 Å². The first kappa shape index (κ1) is 15.2. The molecule has 1 unspecified atom stereocenters. The van der Waals surface area contributed by atoms with Crippen molar-refractivity contribution in [3.8, 4) is 0 Å². The number of amides is 1. The van der Waals surface area contributed by atoms with Crippen LogP contribution in [0.4, 0.5) is 0 Å². The van der Waals surface area contributed by atoms with E-state index in [-0.39, 0.29) is 18.2 Å². The third-order valence-electron chi connectivity index (χ3n) is 3.09. The van der Waals surface area contributed by atoms with Gasteiger partial charge in [-0.3, -0.25) is 9.59 Å². The highest BCUT2D eigenvalue weighted by Gasteiger charge is 2.11. The van der Waals surface area contributed by atoms with Crippen molar-refractivity contribution in [3.63, 3.8) is 0 Å². The molecular weight excluding hydrogens is 242 g/mol. The van der Waals surface area contributed by atoms with Gasteiger partial charge in [0.25, 0.3) is 5.91 Å². The molecule has 0 saturated heterocycles. The molecule has 2 N–H and O–H groups in total. The molecule has 0 fully saturated rings. The van der Waals surface area contributed by atoms with E-state index in [1.165, 1.54) is 0 Å². The molecule has 0 spiro atoms. The Kier molecular flexibility index (Phi) is 5.55. The second-order valence-electron chi connectivity index (χ2n) is 5.07. The van der Waals surface area contributed by atoms with Gasteiger partial charge in [-0.15, -0.1) is 0 Å². The highest BCUT2D eigenvalue weighted by atomic mass is 16.4. The topological polar surface area (TPSA) is 66.4 Å². The number of aryl methyl sites for hydroxylation is 2. The lowest BCUT2D eigenvalue weighted by atomic mass is 10.0. The zero-order chi connectivity index (χ0) is 14.4. The number of rotatable bonds is 6. The molecule has 1 atom stereocenters. The van der Waals surface area contributed by atoms with Crippen molar-refractivity contribution in [2.45, 2.75) is 33.6 Å². The Hall–Kier alpha value is -1.84. The van der Waals surface area contributed by atoms with Gasteiger partial charge in [0.2, 0.25) is 0 Å². The fourth-order valence-electron chi connectivity index (χ4n) is 1.90. The molecule has 0 radical (unpaired) electrons. The predicted octanol–water partition coefficient (Wildman–Crippen LogP) is 2.53. The van der Waals surface area contributed by atoms with Gasteiger partial charge in [-0.05, 0) is 37.8 Å². The van der Waals surface area contributed by atoms with Gasteiger partial charge in [0.15, 0.2) is 0 Å². The molecule has 19 heavy (non-hydrogen) atoms. The van der Waals surface area contributed by atoms with Gasteiger partial charge >= 0.3 is 5.97 Å². The van der Waals surface area contributed by atoms with Crippen LogP contribution >= 0.6 is 0 Å². The van der Waals surface area contributed by atoms with E-state index in [2.05, 4.69) is 5.32 Å². The summed E-state index contributed by atoms with van der Waals surface area (Å²) < 4.78 is 0. The van der Waals surface area contributed by atoms with Crippen molar-refractivity contribution in [1.29, 1.82) is 0 Å². The van der Waals surface area contributed by atoms with Crippen LogP contribution in [0.5, 0.6) is 0 Å². The molecule has 1 aromatic carbocycles. The maximum absolute atomic E-state index is 12.0. The first-order chi connectivity index (χ1) is 8.90. The van der Waals surface area contributed by atoms with Crippen LogP contribution < -0.4 is 5.32 Å². The number of carbonyl (C=O) groups excluding carboxylic acids is 1. The van der Waals surface area contributed by atoms with E-state index in [9.17, 15) is 9.59 Å². The van der Waals surface area contributed by atoms with E-state index >= 15 is 0 Å². The minimum atomic E-state index is -0.799. The Morgan fingerprint density at radius 3 is 2.58 bits per heavy atom. The summed E-state index contributed by atoms with van der Waals surface area (Å²) in [5, 5.41) is 11.4. The predicted molar refractivity (Wildman–Crippen MR) is 74.3 cm³/mol. The van der Waals surface area contributed by atoms with Crippen LogP contribution in [0.2, 0.25) is 0 Å². The monoisotopic (exact) mass is 263 g/mol. The first-order valence-corrected chi connectivity index (χ1v) is 6.47. The lowest BCUT2D eigenvalue weighted by Gasteiger charge is -2.12. The number of carboxylic acids is 1. The van der Waals surface area contributed by atoms with Gasteiger partial charge in [-0.1, -0.05) is 24.6 Å². The second kappa shape index (κ2) is 6.92. The van der Waals surface area contributed by atoms with E-state index in [1.54, 1.807) is 0 Å². The maximum atomic E-state index is 12.0. The quantitative estimate of drug-likeness (QED) is 0.828. The fourth-order valence-corrected chi connectivity index (χ4v) is 1.90. The molecule has 0 bridgehead atoms. The average molecular weight is 263 g/mol. The van der Waals surface area contributed by atoms with Crippen LogP contribution in [-0.2, 0) is 4.79 Å². The summed E-state index contributed by atoms with van der Waals surface area (Å²) in [6.07, 6.45) is 0.711. The minimum absolute atomic E-state index is 0.0975. The molecule has 1 rings (SSSR count). The summed E-state index contributed by atoms with van der Waals surface area (Å²) >= 11 is 0. The van der Waals surface area contributed by atoms with Crippen molar-refractivity contribution in [3.05, 3.63) is 34.9 Å². The van der Waals surface area contributed by atoms with Gasteiger partial charge in [0, 0.05) is 18.5 Å². The summed E-state index contributed by atoms with van der Waals surface area (Å²) in [5.41, 5.74) is 2.76. The standard InChI is InChI=1S/C15H21NO3/c1-10-4-6-13(12(3)8-10)15(19)16-9-11(2)5-7-14(17)18/h4,6,8,11H,5,7,9H2,1-3H3,(H,16,19)(H,17,18). The lowest BCUT2D eigenvalue weighted by molar-refractivity contribution is -0.137. The van der Waals surface area contributed by atoms with Crippen molar-refractivity contribution in [1.82, 2.24) is 5.32 Å². The SMILES string of the molecule is Cc1ccc(C(=O)NCC(C)CCC(=O)O)c(C)c1. The number of carbonyl (C=O) groups is 2. The summed E-state index contributed by atoms with van der Waals surface area (Å²) in [4.78, 5) is 22.4. The smallest absolute Gasteiger partial charge is 0.303 e. The Labute approximate surface area is 113 Å². The first-order valence-electron chi connectivity index (χ1n) is 6.47. The molecule has 0 aliphatic heterocycles. The van der Waals surface area contributed by atoms with Crippen LogP contribution in [0, 0.1) is 19.8 Å². The Balaban J connectivity index is 2.49. The van der Waals surface area contributed by atoms with E-state index in [1.807, 2.05) is 39.0 Å². The minimum Gasteiger partial charge on any atom is -0.481 e. The fraction of sp³-hybridized carbons (Fsp3) is 0.467. The molecule has 0 saturated carbocycles. The van der Waals surface area contributed by atoms with Gasteiger partial charge in [-0.25, -0.2) is 0 Å². The number of benzene rings is 1. The molecule has 0 heterocycles. The third kappa shape index (κ3) is 5.12. The molecule has 4 nitrogen and oxygen atoms in total. The van der Waals surface area contributed by atoms with E-state index in [0.29, 0.717) is 18.5 Å². The number of hydrogen-bond donors (Lipinski definition) is 2. The summed E-state index contributed by atoms with van der Waals surface area (Å²) in [6, 6.07) is 5.71. The zero-order valence-corrected chi connectivity index (χ0v) is 11.7. The third-order valence-corrected chi connectivity index (χ3v) is 3.09. The summed E-state index contributed by atoms with van der Waals surface area (Å²) in [7, 11) is 0. The van der Waals surface area contributed by atoms with Gasteiger partial charge in [0.05, 0.1) is 0 Å². The zero-order valence-electron chi connectivity index (χ0n) is 11.7. The van der Waals surface area contributed by atoms with Crippen molar-refractivity contribution in [2.24, 2.45) is 5.92 Å². The van der Waals surface area contributed by atoms with Crippen LogP contribution in [0.25, 0.3) is 0 Å². The average Bonchev–Trinajstić information content (AvgIpc) is 2.33. The molecule has 1 aromatic rings. The van der Waals surface area contributed by atoms with E-state index < -0.39 is 5.97 Å². The van der Waals surface area contributed by atoms with Gasteiger partial charge < -0.3 is 10.4 Å². The number of hydrogen-bond acceptors (Lipinski definition) is 2.